The Morgan fingerprint density at radius 1 is 1.48 bits per heavy atom. The van der Waals surface area contributed by atoms with E-state index in [1.807, 2.05) is 0 Å². The highest BCUT2D eigenvalue weighted by Gasteiger charge is 2.40. The summed E-state index contributed by atoms with van der Waals surface area (Å²) in [6, 6.07) is 1.72. The van der Waals surface area contributed by atoms with Gasteiger partial charge < -0.3 is 9.42 Å². The smallest absolute Gasteiger partial charge is 0.338 e. The topological polar surface area (TPSA) is 59.2 Å². The van der Waals surface area contributed by atoms with Crippen LogP contribution in [-0.4, -0.2) is 34.0 Å². The fourth-order valence-corrected chi connectivity index (χ4v) is 2.87. The van der Waals surface area contributed by atoms with Crippen LogP contribution in [0.15, 0.2) is 21.3 Å². The van der Waals surface area contributed by atoms with E-state index in [1.54, 1.807) is 21.7 Å². The molecule has 112 valence electrons. The highest BCUT2D eigenvalue weighted by Crippen LogP contribution is 2.31. The zero-order chi connectivity index (χ0) is 15.0. The number of likely N-dealkylation sites (tertiary alicyclic amines) is 1. The van der Waals surface area contributed by atoms with E-state index in [0.717, 1.165) is 0 Å². The van der Waals surface area contributed by atoms with Crippen LogP contribution in [0.5, 0.6) is 0 Å². The van der Waals surface area contributed by atoms with E-state index in [-0.39, 0.29) is 17.6 Å². The lowest BCUT2D eigenvalue weighted by Crippen LogP contribution is -2.28. The normalized spacial score (nSPS) is 19.2. The predicted octanol–water partition coefficient (Wildman–Crippen LogP) is 2.78. The molecule has 3 heterocycles. The number of alkyl halides is 3. The van der Waals surface area contributed by atoms with E-state index < -0.39 is 12.1 Å². The van der Waals surface area contributed by atoms with E-state index in [4.69, 9.17) is 0 Å². The monoisotopic (exact) mass is 317 g/mol. The number of carbonyl (C=O) groups excluding carboxylic acids is 1. The second-order valence-corrected chi connectivity index (χ2v) is 5.48. The Kier molecular flexibility index (Phi) is 3.44. The molecule has 1 saturated heterocycles. The molecule has 2 aromatic rings. The Hall–Kier alpha value is -1.90. The molecule has 5 nitrogen and oxygen atoms in total. The van der Waals surface area contributed by atoms with Crippen molar-refractivity contribution in [2.45, 2.75) is 18.5 Å². The first kappa shape index (κ1) is 14.1. The van der Waals surface area contributed by atoms with Crippen LogP contribution in [0.3, 0.4) is 0 Å². The average molecular weight is 317 g/mol. The summed E-state index contributed by atoms with van der Waals surface area (Å²) in [6.07, 6.45) is -4.12. The van der Waals surface area contributed by atoms with E-state index in [9.17, 15) is 18.0 Å². The Morgan fingerprint density at radius 3 is 2.90 bits per heavy atom. The quantitative estimate of drug-likeness (QED) is 0.854. The molecule has 1 fully saturated rings. The largest absolute Gasteiger partial charge is 0.471 e. The summed E-state index contributed by atoms with van der Waals surface area (Å²) in [5.74, 6) is -1.80. The van der Waals surface area contributed by atoms with Crippen molar-refractivity contribution in [3.8, 4) is 0 Å². The summed E-state index contributed by atoms with van der Waals surface area (Å²) < 4.78 is 41.5. The van der Waals surface area contributed by atoms with Crippen molar-refractivity contribution in [2.24, 2.45) is 0 Å². The molecule has 0 aromatic carbocycles. The second kappa shape index (κ2) is 5.14. The third-order valence-corrected chi connectivity index (χ3v) is 3.98. The third-order valence-electron chi connectivity index (χ3n) is 3.29. The number of aromatic nitrogens is 2. The van der Waals surface area contributed by atoms with Gasteiger partial charge in [0.15, 0.2) is 5.82 Å². The van der Waals surface area contributed by atoms with Gasteiger partial charge in [-0.05, 0) is 17.9 Å². The first-order chi connectivity index (χ1) is 9.95. The Morgan fingerprint density at radius 2 is 2.29 bits per heavy atom. The van der Waals surface area contributed by atoms with Crippen LogP contribution in [-0.2, 0) is 6.18 Å². The number of rotatable bonds is 2. The van der Waals surface area contributed by atoms with Gasteiger partial charge in [-0.25, -0.2) is 0 Å². The summed E-state index contributed by atoms with van der Waals surface area (Å²) in [5.41, 5.74) is 0.588. The molecule has 0 N–H and O–H groups in total. The number of nitrogens with zero attached hydrogens (tertiary/aromatic N) is 3. The molecule has 3 rings (SSSR count). The number of hydrogen-bond acceptors (Lipinski definition) is 5. The fraction of sp³-hybridized carbons (Fsp3) is 0.417. The molecule has 21 heavy (non-hydrogen) atoms. The molecular weight excluding hydrogens is 307 g/mol. The van der Waals surface area contributed by atoms with E-state index >= 15 is 0 Å². The van der Waals surface area contributed by atoms with Crippen LogP contribution in [0.1, 0.15) is 34.4 Å². The first-order valence-electron chi connectivity index (χ1n) is 6.17. The molecule has 2 aromatic heterocycles. The molecule has 0 aliphatic carbocycles. The van der Waals surface area contributed by atoms with Gasteiger partial charge in [-0.2, -0.15) is 29.5 Å². The number of hydrogen-bond donors (Lipinski definition) is 0. The zero-order valence-corrected chi connectivity index (χ0v) is 11.4. The van der Waals surface area contributed by atoms with Gasteiger partial charge in [0.25, 0.3) is 5.91 Å². The van der Waals surface area contributed by atoms with Gasteiger partial charge in [-0.15, -0.1) is 0 Å². The summed E-state index contributed by atoms with van der Waals surface area (Å²) in [5, 5.41) is 6.92. The number of amides is 1. The third kappa shape index (κ3) is 2.78. The first-order valence-corrected chi connectivity index (χ1v) is 7.11. The van der Waals surface area contributed by atoms with Crippen molar-refractivity contribution in [1.82, 2.24) is 15.0 Å². The van der Waals surface area contributed by atoms with Crippen molar-refractivity contribution >= 4 is 17.2 Å². The molecule has 0 unspecified atom stereocenters. The molecule has 0 radical (unpaired) electrons. The predicted molar refractivity (Wildman–Crippen MR) is 66.9 cm³/mol. The van der Waals surface area contributed by atoms with Gasteiger partial charge in [0.05, 0.1) is 5.56 Å². The van der Waals surface area contributed by atoms with Gasteiger partial charge in [0.1, 0.15) is 0 Å². The molecular formula is C12H10F3N3O2S. The average Bonchev–Trinajstić information content (AvgIpc) is 3.17. The molecule has 0 bridgehead atoms. The summed E-state index contributed by atoms with van der Waals surface area (Å²) in [6.45, 7) is 0.765. The van der Waals surface area contributed by atoms with Crippen LogP contribution in [0, 0.1) is 0 Å². The van der Waals surface area contributed by atoms with Gasteiger partial charge in [0.2, 0.25) is 0 Å². The minimum atomic E-state index is -4.64. The van der Waals surface area contributed by atoms with E-state index in [2.05, 4.69) is 14.7 Å². The Labute approximate surface area is 121 Å². The van der Waals surface area contributed by atoms with Crippen molar-refractivity contribution in [3.05, 3.63) is 34.1 Å². The number of halogens is 3. The Balaban J connectivity index is 1.70. The minimum absolute atomic E-state index is 0.00273. The lowest BCUT2D eigenvalue weighted by Gasteiger charge is -2.14. The number of thiophene rings is 1. The highest BCUT2D eigenvalue weighted by molar-refractivity contribution is 7.08. The summed E-state index contributed by atoms with van der Waals surface area (Å²) >= 11 is 1.42. The van der Waals surface area contributed by atoms with Gasteiger partial charge in [-0.3, -0.25) is 4.79 Å². The van der Waals surface area contributed by atoms with Gasteiger partial charge >= 0.3 is 12.1 Å². The molecule has 9 heteroatoms. The van der Waals surface area contributed by atoms with Crippen molar-refractivity contribution in [2.75, 3.05) is 13.1 Å². The Bertz CT molecular complexity index is 638. The number of carbonyl (C=O) groups is 1. The lowest BCUT2D eigenvalue weighted by molar-refractivity contribution is -0.159. The van der Waals surface area contributed by atoms with E-state index in [1.165, 1.54) is 11.3 Å². The zero-order valence-electron chi connectivity index (χ0n) is 10.6. The molecule has 0 spiro atoms. The standard InChI is InChI=1S/C12H10F3N3O2S/c13-12(14,15)11-16-9(17-20-11)7-1-3-18(5-7)10(19)8-2-4-21-6-8/h2,4,6-7H,1,3,5H2/t7-/m0/s1. The van der Waals surface area contributed by atoms with Gasteiger partial charge in [0, 0.05) is 24.4 Å². The summed E-state index contributed by atoms with van der Waals surface area (Å²) in [7, 11) is 0. The van der Waals surface area contributed by atoms with Crippen molar-refractivity contribution < 1.29 is 22.5 Å². The molecule has 0 saturated carbocycles. The minimum Gasteiger partial charge on any atom is -0.338 e. The molecule has 1 aliphatic rings. The van der Waals surface area contributed by atoms with Crippen LogP contribution in [0.2, 0.25) is 0 Å². The molecule has 1 atom stereocenters. The SMILES string of the molecule is O=C(c1ccsc1)N1CC[C@H](c2noc(C(F)(F)F)n2)C1. The van der Waals surface area contributed by atoms with Crippen LogP contribution in [0.25, 0.3) is 0 Å². The van der Waals surface area contributed by atoms with E-state index in [0.29, 0.717) is 25.1 Å². The van der Waals surface area contributed by atoms with Crippen molar-refractivity contribution in [3.63, 3.8) is 0 Å². The second-order valence-electron chi connectivity index (χ2n) is 4.70. The van der Waals surface area contributed by atoms with Crippen LogP contribution < -0.4 is 0 Å². The van der Waals surface area contributed by atoms with Gasteiger partial charge in [-0.1, -0.05) is 5.16 Å². The fourth-order valence-electron chi connectivity index (χ4n) is 2.24. The maximum atomic E-state index is 12.4. The molecule has 1 amide bonds. The maximum Gasteiger partial charge on any atom is 0.471 e. The van der Waals surface area contributed by atoms with Crippen LogP contribution in [0.4, 0.5) is 13.2 Å². The van der Waals surface area contributed by atoms with Crippen LogP contribution >= 0.6 is 11.3 Å². The summed E-state index contributed by atoms with van der Waals surface area (Å²) in [4.78, 5) is 17.1. The highest BCUT2D eigenvalue weighted by atomic mass is 32.1. The van der Waals surface area contributed by atoms with Crippen molar-refractivity contribution in [1.29, 1.82) is 0 Å². The molecule has 1 aliphatic heterocycles. The maximum absolute atomic E-state index is 12.4. The lowest BCUT2D eigenvalue weighted by atomic mass is 10.1.